The monoisotopic (exact) mass is 326 g/mol. The van der Waals surface area contributed by atoms with E-state index in [1.54, 1.807) is 25.3 Å². The molecule has 0 atom stereocenters. The highest BCUT2D eigenvalue weighted by Gasteiger charge is 2.08. The van der Waals surface area contributed by atoms with E-state index in [2.05, 4.69) is 24.2 Å². The third-order valence-corrected chi connectivity index (χ3v) is 3.50. The molecule has 1 aromatic heterocycles. The molecule has 0 aliphatic heterocycles. The third kappa shape index (κ3) is 4.67. The molecule has 2 aromatic rings. The molecule has 1 N–H and O–H groups in total. The van der Waals surface area contributed by atoms with Crippen molar-refractivity contribution < 1.29 is 14.6 Å². The number of carbonyl (C=O) groups is 1. The first-order valence-electron chi connectivity index (χ1n) is 7.88. The zero-order chi connectivity index (χ0) is 17.4. The Bertz CT molecular complexity index is 745. The maximum absolute atomic E-state index is 11.1. The van der Waals surface area contributed by atoms with Gasteiger partial charge in [-0.1, -0.05) is 31.2 Å². The fourth-order valence-electron chi connectivity index (χ4n) is 2.27. The van der Waals surface area contributed by atoms with Crippen LogP contribution < -0.4 is 0 Å². The van der Waals surface area contributed by atoms with Crippen LogP contribution >= 0.6 is 0 Å². The first-order valence-corrected chi connectivity index (χ1v) is 7.88. The number of hydrogen-bond donors (Lipinski definition) is 1. The van der Waals surface area contributed by atoms with Gasteiger partial charge in [-0.25, -0.2) is 9.48 Å². The van der Waals surface area contributed by atoms with Gasteiger partial charge in [-0.3, -0.25) is 0 Å². The molecule has 0 saturated heterocycles. The first-order chi connectivity index (χ1) is 11.7. The predicted octanol–water partition coefficient (Wildman–Crippen LogP) is 4.09. The normalized spacial score (nSPS) is 12.0. The largest absolute Gasteiger partial charge is 0.478 e. The van der Waals surface area contributed by atoms with Crippen molar-refractivity contribution in [2.45, 2.75) is 19.8 Å². The van der Waals surface area contributed by atoms with Gasteiger partial charge in [0.15, 0.2) is 0 Å². The minimum Gasteiger partial charge on any atom is -0.478 e. The summed E-state index contributed by atoms with van der Waals surface area (Å²) in [7, 11) is 1.65. The Morgan fingerprint density at radius 3 is 2.88 bits per heavy atom. The maximum Gasteiger partial charge on any atom is 0.335 e. The van der Waals surface area contributed by atoms with Gasteiger partial charge in [0.1, 0.15) is 0 Å². The molecule has 1 aromatic carbocycles. The van der Waals surface area contributed by atoms with Crippen LogP contribution in [-0.2, 0) is 4.74 Å². The van der Waals surface area contributed by atoms with Crippen molar-refractivity contribution in [2.75, 3.05) is 13.7 Å². The quantitative estimate of drug-likeness (QED) is 0.742. The molecule has 5 heteroatoms. The number of hydrogen-bond acceptors (Lipinski definition) is 3. The molecular formula is C19H22N2O3. The van der Waals surface area contributed by atoms with E-state index >= 15 is 0 Å². The lowest BCUT2D eigenvalue weighted by Gasteiger charge is -2.06. The molecule has 0 fully saturated rings. The molecule has 0 bridgehead atoms. The van der Waals surface area contributed by atoms with Crippen LogP contribution in [-0.4, -0.2) is 34.6 Å². The number of carboxylic acid groups (broad SMARTS) is 1. The van der Waals surface area contributed by atoms with Crippen molar-refractivity contribution in [3.8, 4) is 11.3 Å². The van der Waals surface area contributed by atoms with Crippen molar-refractivity contribution >= 4 is 11.7 Å². The summed E-state index contributed by atoms with van der Waals surface area (Å²) < 4.78 is 6.93. The smallest absolute Gasteiger partial charge is 0.335 e. The molecule has 0 saturated carbocycles. The molecule has 2 rings (SSSR count). The summed E-state index contributed by atoms with van der Waals surface area (Å²) in [5, 5.41) is 13.7. The Morgan fingerprint density at radius 2 is 2.17 bits per heavy atom. The Hall–Kier alpha value is -2.66. The van der Waals surface area contributed by atoms with Gasteiger partial charge in [0.05, 0.1) is 17.9 Å². The lowest BCUT2D eigenvalue weighted by atomic mass is 10.1. The number of rotatable bonds is 8. The molecule has 0 amide bonds. The van der Waals surface area contributed by atoms with Crippen molar-refractivity contribution in [1.82, 2.24) is 9.78 Å². The van der Waals surface area contributed by atoms with Gasteiger partial charge in [-0.2, -0.15) is 5.10 Å². The van der Waals surface area contributed by atoms with E-state index in [1.165, 1.54) is 0 Å². The third-order valence-electron chi connectivity index (χ3n) is 3.50. The van der Waals surface area contributed by atoms with E-state index in [4.69, 9.17) is 9.84 Å². The molecule has 126 valence electrons. The summed E-state index contributed by atoms with van der Waals surface area (Å²) in [5.74, 6) is -0.943. The molecule has 1 heterocycles. The van der Waals surface area contributed by atoms with Crippen LogP contribution in [0.25, 0.3) is 17.0 Å². The number of methoxy groups -OCH3 is 1. The second-order valence-corrected chi connectivity index (χ2v) is 5.27. The zero-order valence-corrected chi connectivity index (χ0v) is 14.0. The molecule has 0 unspecified atom stereocenters. The number of allylic oxidation sites excluding steroid dienone is 3. The van der Waals surface area contributed by atoms with Gasteiger partial charge in [-0.15, -0.1) is 0 Å². The standard InChI is InChI=1S/C19H22N2O3/c1-3-4-5-9-17(11-13-24-2)21-12-10-18(20-21)15-7-6-8-16(14-15)19(22)23/h4-8,10-12,14H,3,9,13H2,1-2H3,(H,22,23)/b5-4-,17-11+. The van der Waals surface area contributed by atoms with E-state index in [0.29, 0.717) is 6.61 Å². The summed E-state index contributed by atoms with van der Waals surface area (Å²) in [6, 6.07) is 8.66. The van der Waals surface area contributed by atoms with Crippen LogP contribution in [0.15, 0.2) is 54.8 Å². The van der Waals surface area contributed by atoms with Crippen LogP contribution in [0, 0.1) is 0 Å². The number of carboxylic acids is 1. The minimum absolute atomic E-state index is 0.253. The molecule has 0 spiro atoms. The highest BCUT2D eigenvalue weighted by atomic mass is 16.5. The van der Waals surface area contributed by atoms with E-state index in [0.717, 1.165) is 29.8 Å². The van der Waals surface area contributed by atoms with Crippen LogP contribution in [0.3, 0.4) is 0 Å². The fraction of sp³-hybridized carbons (Fsp3) is 0.263. The number of ether oxygens (including phenoxy) is 1. The fourth-order valence-corrected chi connectivity index (χ4v) is 2.27. The van der Waals surface area contributed by atoms with Gasteiger partial charge in [-0.05, 0) is 30.7 Å². The average Bonchev–Trinajstić information content (AvgIpc) is 3.08. The minimum atomic E-state index is -0.943. The Morgan fingerprint density at radius 1 is 1.33 bits per heavy atom. The molecule has 0 aliphatic carbocycles. The highest BCUT2D eigenvalue weighted by Crippen LogP contribution is 2.20. The van der Waals surface area contributed by atoms with Crippen LogP contribution in [0.2, 0.25) is 0 Å². The average molecular weight is 326 g/mol. The van der Waals surface area contributed by atoms with Crippen molar-refractivity contribution in [3.63, 3.8) is 0 Å². The summed E-state index contributed by atoms with van der Waals surface area (Å²) in [6.07, 6.45) is 9.83. The van der Waals surface area contributed by atoms with Gasteiger partial charge in [0, 0.05) is 31.0 Å². The Labute approximate surface area is 141 Å². The summed E-state index contributed by atoms with van der Waals surface area (Å²) in [6.45, 7) is 2.61. The van der Waals surface area contributed by atoms with Crippen molar-refractivity contribution in [2.24, 2.45) is 0 Å². The van der Waals surface area contributed by atoms with Crippen molar-refractivity contribution in [3.05, 3.63) is 60.3 Å². The maximum atomic E-state index is 11.1. The number of aromatic nitrogens is 2. The molecular weight excluding hydrogens is 304 g/mol. The highest BCUT2D eigenvalue weighted by molar-refractivity contribution is 5.89. The van der Waals surface area contributed by atoms with Crippen molar-refractivity contribution in [1.29, 1.82) is 0 Å². The van der Waals surface area contributed by atoms with E-state index in [1.807, 2.05) is 29.1 Å². The number of nitrogens with zero attached hydrogens (tertiary/aromatic N) is 2. The number of benzene rings is 1. The second-order valence-electron chi connectivity index (χ2n) is 5.27. The summed E-state index contributed by atoms with van der Waals surface area (Å²) in [4.78, 5) is 11.1. The van der Waals surface area contributed by atoms with E-state index in [9.17, 15) is 4.79 Å². The molecule has 24 heavy (non-hydrogen) atoms. The molecule has 0 aliphatic rings. The second kappa shape index (κ2) is 8.84. The lowest BCUT2D eigenvalue weighted by molar-refractivity contribution is 0.0697. The first kappa shape index (κ1) is 17.7. The lowest BCUT2D eigenvalue weighted by Crippen LogP contribution is -2.00. The van der Waals surface area contributed by atoms with Gasteiger partial charge >= 0.3 is 5.97 Å². The predicted molar refractivity (Wildman–Crippen MR) is 94.8 cm³/mol. The van der Waals surface area contributed by atoms with Gasteiger partial charge in [0.2, 0.25) is 0 Å². The number of aromatic carboxylic acids is 1. The Balaban J connectivity index is 2.28. The van der Waals surface area contributed by atoms with Crippen LogP contribution in [0.5, 0.6) is 0 Å². The molecule has 5 nitrogen and oxygen atoms in total. The van der Waals surface area contributed by atoms with Crippen LogP contribution in [0.4, 0.5) is 0 Å². The van der Waals surface area contributed by atoms with E-state index < -0.39 is 5.97 Å². The molecule has 0 radical (unpaired) electrons. The summed E-state index contributed by atoms with van der Waals surface area (Å²) in [5.41, 5.74) is 2.79. The topological polar surface area (TPSA) is 64.3 Å². The van der Waals surface area contributed by atoms with Crippen LogP contribution in [0.1, 0.15) is 30.1 Å². The van der Waals surface area contributed by atoms with Gasteiger partial charge < -0.3 is 9.84 Å². The van der Waals surface area contributed by atoms with E-state index in [-0.39, 0.29) is 5.56 Å². The summed E-state index contributed by atoms with van der Waals surface area (Å²) >= 11 is 0. The van der Waals surface area contributed by atoms with Gasteiger partial charge in [0.25, 0.3) is 0 Å². The zero-order valence-electron chi connectivity index (χ0n) is 14.0. The SMILES string of the molecule is CC/C=C\C/C(=C\COC)n1ccc(-c2cccc(C(=O)O)c2)n1. The Kier molecular flexibility index (Phi) is 6.51.